The van der Waals surface area contributed by atoms with Crippen LogP contribution in [0.4, 0.5) is 11.5 Å². The molecule has 20 heavy (non-hydrogen) atoms. The Morgan fingerprint density at radius 3 is 2.80 bits per heavy atom. The Bertz CT molecular complexity index is 484. The second-order valence-corrected chi connectivity index (χ2v) is 5.55. The third kappa shape index (κ3) is 3.40. The molecule has 1 aromatic heterocycles. The lowest BCUT2D eigenvalue weighted by atomic mass is 10.2. The Balaban J connectivity index is 2.33. The summed E-state index contributed by atoms with van der Waals surface area (Å²) in [7, 11) is 0. The first-order valence-electron chi connectivity index (χ1n) is 7.22. The zero-order valence-corrected chi connectivity index (χ0v) is 12.4. The van der Waals surface area contributed by atoms with Crippen LogP contribution in [0.5, 0.6) is 0 Å². The fraction of sp³-hybridized carbons (Fsp3) is 0.600. The number of carbonyl (C=O) groups excluding carboxylic acids is 1. The van der Waals surface area contributed by atoms with Gasteiger partial charge in [0.2, 0.25) is 0 Å². The molecule has 0 bridgehead atoms. The Morgan fingerprint density at radius 2 is 2.25 bits per heavy atom. The van der Waals surface area contributed by atoms with Crippen molar-refractivity contribution in [1.82, 2.24) is 4.98 Å². The topological polar surface area (TPSA) is 68.5 Å². The van der Waals surface area contributed by atoms with Gasteiger partial charge in [0.15, 0.2) is 0 Å². The fourth-order valence-electron chi connectivity index (χ4n) is 2.18. The van der Waals surface area contributed by atoms with Gasteiger partial charge in [-0.1, -0.05) is 0 Å². The molecule has 0 radical (unpaired) electrons. The quantitative estimate of drug-likeness (QED) is 0.809. The van der Waals surface area contributed by atoms with Crippen molar-refractivity contribution in [3.05, 3.63) is 17.8 Å². The number of nitrogen functional groups attached to an aromatic ring is 1. The van der Waals surface area contributed by atoms with E-state index in [0.717, 1.165) is 6.54 Å². The number of nitrogens with two attached hydrogens (primary N) is 1. The fourth-order valence-corrected chi connectivity index (χ4v) is 2.18. The summed E-state index contributed by atoms with van der Waals surface area (Å²) in [5.41, 5.74) is 6.70. The van der Waals surface area contributed by atoms with E-state index in [9.17, 15) is 4.79 Å². The summed E-state index contributed by atoms with van der Waals surface area (Å²) in [5.74, 6) is 1.04. The number of rotatable bonds is 6. The second-order valence-electron chi connectivity index (χ2n) is 5.55. The molecular formula is C15H23N3O2. The van der Waals surface area contributed by atoms with Crippen LogP contribution >= 0.6 is 0 Å². The predicted octanol–water partition coefficient (Wildman–Crippen LogP) is 2.47. The molecule has 0 spiro atoms. The van der Waals surface area contributed by atoms with E-state index in [4.69, 9.17) is 10.5 Å². The smallest absolute Gasteiger partial charge is 0.341 e. The molecule has 1 aromatic rings. The molecule has 0 unspecified atom stereocenters. The van der Waals surface area contributed by atoms with Gasteiger partial charge >= 0.3 is 5.97 Å². The highest BCUT2D eigenvalue weighted by molar-refractivity contribution is 5.95. The summed E-state index contributed by atoms with van der Waals surface area (Å²) >= 11 is 0. The summed E-state index contributed by atoms with van der Waals surface area (Å²) in [4.78, 5) is 18.7. The highest BCUT2D eigenvalue weighted by Crippen LogP contribution is 2.33. The molecule has 1 heterocycles. The van der Waals surface area contributed by atoms with Crippen molar-refractivity contribution >= 4 is 17.5 Å². The molecule has 1 aliphatic carbocycles. The monoisotopic (exact) mass is 277 g/mol. The van der Waals surface area contributed by atoms with E-state index in [1.165, 1.54) is 12.8 Å². The van der Waals surface area contributed by atoms with Crippen LogP contribution in [-0.4, -0.2) is 30.1 Å². The minimum absolute atomic E-state index is 0.278. The van der Waals surface area contributed by atoms with Crippen LogP contribution in [0.25, 0.3) is 0 Å². The molecule has 5 nitrogen and oxygen atoms in total. The maximum Gasteiger partial charge on any atom is 0.341 e. The van der Waals surface area contributed by atoms with Gasteiger partial charge < -0.3 is 15.4 Å². The van der Waals surface area contributed by atoms with Crippen LogP contribution in [0.3, 0.4) is 0 Å². The van der Waals surface area contributed by atoms with E-state index < -0.39 is 0 Å². The summed E-state index contributed by atoms with van der Waals surface area (Å²) in [5, 5.41) is 0. The van der Waals surface area contributed by atoms with Crippen molar-refractivity contribution in [3.63, 3.8) is 0 Å². The third-order valence-electron chi connectivity index (χ3n) is 3.43. The van der Waals surface area contributed by atoms with Crippen molar-refractivity contribution in [2.75, 3.05) is 23.8 Å². The van der Waals surface area contributed by atoms with Crippen LogP contribution < -0.4 is 10.6 Å². The van der Waals surface area contributed by atoms with Gasteiger partial charge in [0.25, 0.3) is 0 Å². The molecular weight excluding hydrogens is 254 g/mol. The minimum Gasteiger partial charge on any atom is -0.462 e. The van der Waals surface area contributed by atoms with Crippen LogP contribution in [0, 0.1) is 5.92 Å². The van der Waals surface area contributed by atoms with Gasteiger partial charge in [-0.15, -0.1) is 0 Å². The SMILES string of the molecule is CCOC(=O)c1cc(N)cnc1N(CC1CC1)C(C)C. The van der Waals surface area contributed by atoms with Crippen LogP contribution in [0.15, 0.2) is 12.3 Å². The Labute approximate surface area is 120 Å². The number of nitrogens with zero attached hydrogens (tertiary/aromatic N) is 2. The van der Waals surface area contributed by atoms with Gasteiger partial charge in [-0.05, 0) is 45.6 Å². The zero-order valence-electron chi connectivity index (χ0n) is 12.4. The lowest BCUT2D eigenvalue weighted by molar-refractivity contribution is 0.0526. The van der Waals surface area contributed by atoms with Gasteiger partial charge in [0, 0.05) is 12.6 Å². The molecule has 110 valence electrons. The minimum atomic E-state index is -0.358. The number of ether oxygens (including phenoxy) is 1. The molecule has 1 aliphatic rings. The van der Waals surface area contributed by atoms with Gasteiger partial charge in [-0.3, -0.25) is 0 Å². The van der Waals surface area contributed by atoms with Crippen molar-refractivity contribution in [2.45, 2.75) is 39.7 Å². The van der Waals surface area contributed by atoms with E-state index in [-0.39, 0.29) is 12.0 Å². The maximum atomic E-state index is 12.1. The first-order chi connectivity index (χ1) is 9.52. The van der Waals surface area contributed by atoms with Gasteiger partial charge in [0.05, 0.1) is 18.5 Å². The van der Waals surface area contributed by atoms with E-state index in [2.05, 4.69) is 23.7 Å². The van der Waals surface area contributed by atoms with Gasteiger partial charge in [-0.2, -0.15) is 0 Å². The summed E-state index contributed by atoms with van der Waals surface area (Å²) in [6.07, 6.45) is 4.11. The number of aromatic nitrogens is 1. The molecule has 2 N–H and O–H groups in total. The van der Waals surface area contributed by atoms with Crippen molar-refractivity contribution in [2.24, 2.45) is 5.92 Å². The molecule has 2 rings (SSSR count). The number of anilines is 2. The summed E-state index contributed by atoms with van der Waals surface area (Å²) in [6.45, 7) is 7.28. The lowest BCUT2D eigenvalue weighted by Crippen LogP contribution is -2.35. The highest BCUT2D eigenvalue weighted by Gasteiger charge is 2.28. The molecule has 0 aliphatic heterocycles. The van der Waals surface area contributed by atoms with E-state index in [1.807, 2.05) is 0 Å². The molecule has 5 heteroatoms. The van der Waals surface area contributed by atoms with E-state index in [1.54, 1.807) is 19.2 Å². The average molecular weight is 277 g/mol. The van der Waals surface area contributed by atoms with Gasteiger partial charge in [-0.25, -0.2) is 9.78 Å². The zero-order chi connectivity index (χ0) is 14.7. The normalized spacial score (nSPS) is 14.4. The number of pyridine rings is 1. The Kier molecular flexibility index (Phi) is 4.47. The average Bonchev–Trinajstić information content (AvgIpc) is 3.20. The predicted molar refractivity (Wildman–Crippen MR) is 79.8 cm³/mol. The molecule has 1 fully saturated rings. The maximum absolute atomic E-state index is 12.1. The molecule has 0 saturated heterocycles. The van der Waals surface area contributed by atoms with Crippen molar-refractivity contribution < 1.29 is 9.53 Å². The summed E-state index contributed by atoms with van der Waals surface area (Å²) < 4.78 is 5.11. The first-order valence-corrected chi connectivity index (χ1v) is 7.22. The van der Waals surface area contributed by atoms with Crippen LogP contribution in [0.2, 0.25) is 0 Å². The molecule has 0 aromatic carbocycles. The highest BCUT2D eigenvalue weighted by atomic mass is 16.5. The Hall–Kier alpha value is -1.78. The van der Waals surface area contributed by atoms with E-state index >= 15 is 0 Å². The lowest BCUT2D eigenvalue weighted by Gasteiger charge is -2.29. The van der Waals surface area contributed by atoms with E-state index in [0.29, 0.717) is 29.6 Å². The van der Waals surface area contributed by atoms with Crippen molar-refractivity contribution in [3.8, 4) is 0 Å². The number of hydrogen-bond acceptors (Lipinski definition) is 5. The van der Waals surface area contributed by atoms with Gasteiger partial charge in [0.1, 0.15) is 11.4 Å². The summed E-state index contributed by atoms with van der Waals surface area (Å²) in [6, 6.07) is 1.93. The molecule has 0 amide bonds. The largest absolute Gasteiger partial charge is 0.462 e. The molecule has 0 atom stereocenters. The van der Waals surface area contributed by atoms with Crippen LogP contribution in [-0.2, 0) is 4.74 Å². The number of hydrogen-bond donors (Lipinski definition) is 1. The number of esters is 1. The van der Waals surface area contributed by atoms with Crippen molar-refractivity contribution in [1.29, 1.82) is 0 Å². The standard InChI is InChI=1S/C15H23N3O2/c1-4-20-15(19)13-7-12(16)8-17-14(13)18(10(2)3)9-11-5-6-11/h7-8,10-11H,4-6,9,16H2,1-3H3. The number of carbonyl (C=O) groups is 1. The second kappa shape index (κ2) is 6.11. The first kappa shape index (κ1) is 14.6. The van der Waals surface area contributed by atoms with Crippen LogP contribution in [0.1, 0.15) is 44.0 Å². The Morgan fingerprint density at radius 1 is 1.55 bits per heavy atom. The molecule has 1 saturated carbocycles. The third-order valence-corrected chi connectivity index (χ3v) is 3.43.